The Morgan fingerprint density at radius 2 is 2.11 bits per heavy atom. The molecule has 1 heterocycles. The molecule has 1 aliphatic carbocycles. The van der Waals surface area contributed by atoms with Gasteiger partial charge in [-0.2, -0.15) is 12.8 Å². The maximum atomic E-state index is 3.54. The van der Waals surface area contributed by atoms with Crippen molar-refractivity contribution in [1.29, 1.82) is 0 Å². The SMILES string of the molecule is [CH-]1CC2(C1)CCCN2.[Y]. The van der Waals surface area contributed by atoms with Crippen LogP contribution in [0, 0.1) is 6.42 Å². The largest absolute Gasteiger partial charge is 0.325 e. The Hall–Kier alpha value is 1.06. The molecule has 9 heavy (non-hydrogen) atoms. The van der Waals surface area contributed by atoms with Crippen LogP contribution in [0.5, 0.6) is 0 Å². The van der Waals surface area contributed by atoms with Crippen molar-refractivity contribution in [3.05, 3.63) is 6.42 Å². The summed E-state index contributed by atoms with van der Waals surface area (Å²) in [6.45, 7) is 1.26. The van der Waals surface area contributed by atoms with Crippen LogP contribution in [0.2, 0.25) is 0 Å². The third-order valence-electron chi connectivity index (χ3n) is 2.40. The Kier molecular flexibility index (Phi) is 2.70. The number of nitrogens with one attached hydrogen (secondary N) is 1. The fourth-order valence-electron chi connectivity index (χ4n) is 1.71. The molecule has 1 N–H and O–H groups in total. The van der Waals surface area contributed by atoms with Crippen molar-refractivity contribution in [3.63, 3.8) is 0 Å². The van der Waals surface area contributed by atoms with Crippen LogP contribution in [0.4, 0.5) is 0 Å². The smallest absolute Gasteiger partial charge is 0 e. The standard InChI is InChI=1S/C7H12N.Y/c1-3-7(4-1)5-2-6-8-7;/h1,8H,2-6H2;/q-1;. The van der Waals surface area contributed by atoms with Crippen LogP contribution in [-0.4, -0.2) is 12.1 Å². The van der Waals surface area contributed by atoms with E-state index in [0.717, 1.165) is 0 Å². The normalized spacial score (nSPS) is 29.3. The first-order valence-corrected chi connectivity index (χ1v) is 3.48. The van der Waals surface area contributed by atoms with E-state index in [4.69, 9.17) is 0 Å². The zero-order valence-electron chi connectivity index (χ0n) is 5.69. The van der Waals surface area contributed by atoms with Crippen molar-refractivity contribution in [1.82, 2.24) is 5.32 Å². The van der Waals surface area contributed by atoms with E-state index in [-0.39, 0.29) is 32.7 Å². The average Bonchev–Trinajstić information content (AvgIpc) is 2.07. The minimum atomic E-state index is 0. The summed E-state index contributed by atoms with van der Waals surface area (Å²) < 4.78 is 0. The molecule has 1 saturated carbocycles. The molecule has 2 aliphatic rings. The van der Waals surface area contributed by atoms with Gasteiger partial charge in [-0.05, 0) is 24.9 Å². The van der Waals surface area contributed by atoms with Gasteiger partial charge in [0.2, 0.25) is 0 Å². The number of hydrogen-bond donors (Lipinski definition) is 1. The maximum Gasteiger partial charge on any atom is 0 e. The fourth-order valence-corrected chi connectivity index (χ4v) is 1.71. The maximum absolute atomic E-state index is 3.54. The first kappa shape index (κ1) is 8.16. The summed E-state index contributed by atoms with van der Waals surface area (Å²) in [7, 11) is 0. The first-order valence-electron chi connectivity index (χ1n) is 3.48. The van der Waals surface area contributed by atoms with Crippen molar-refractivity contribution < 1.29 is 32.7 Å². The second kappa shape index (κ2) is 2.98. The predicted molar refractivity (Wildman–Crippen MR) is 33.5 cm³/mol. The minimum absolute atomic E-state index is 0. The average molecular weight is 199 g/mol. The van der Waals surface area contributed by atoms with E-state index >= 15 is 0 Å². The van der Waals surface area contributed by atoms with E-state index in [0.29, 0.717) is 5.54 Å². The summed E-state index contributed by atoms with van der Waals surface area (Å²) in [4.78, 5) is 0. The molecule has 0 aromatic heterocycles. The molecule has 1 saturated heterocycles. The van der Waals surface area contributed by atoms with Crippen LogP contribution >= 0.6 is 0 Å². The molecule has 2 heteroatoms. The van der Waals surface area contributed by atoms with Crippen molar-refractivity contribution in [2.75, 3.05) is 6.54 Å². The molecule has 49 valence electrons. The monoisotopic (exact) mass is 199 g/mol. The van der Waals surface area contributed by atoms with Gasteiger partial charge in [-0.25, -0.2) is 0 Å². The van der Waals surface area contributed by atoms with E-state index in [1.165, 1.54) is 32.2 Å². The molecule has 0 amide bonds. The van der Waals surface area contributed by atoms with Gasteiger partial charge in [0, 0.05) is 32.7 Å². The van der Waals surface area contributed by atoms with Gasteiger partial charge in [-0.15, -0.1) is 0 Å². The van der Waals surface area contributed by atoms with Gasteiger partial charge < -0.3 is 11.7 Å². The number of hydrogen-bond acceptors (Lipinski definition) is 1. The Labute approximate surface area is 81.9 Å². The van der Waals surface area contributed by atoms with Gasteiger partial charge in [0.05, 0.1) is 0 Å². The zero-order valence-corrected chi connectivity index (χ0v) is 8.53. The van der Waals surface area contributed by atoms with Crippen molar-refractivity contribution >= 4 is 0 Å². The van der Waals surface area contributed by atoms with Crippen LogP contribution < -0.4 is 5.32 Å². The third-order valence-corrected chi connectivity index (χ3v) is 2.40. The van der Waals surface area contributed by atoms with Crippen LogP contribution in [-0.2, 0) is 32.7 Å². The van der Waals surface area contributed by atoms with Crippen LogP contribution in [0.25, 0.3) is 0 Å². The van der Waals surface area contributed by atoms with Gasteiger partial charge >= 0.3 is 0 Å². The van der Waals surface area contributed by atoms with Crippen LogP contribution in [0.3, 0.4) is 0 Å². The number of rotatable bonds is 0. The molecule has 2 fully saturated rings. The van der Waals surface area contributed by atoms with Crippen molar-refractivity contribution in [2.24, 2.45) is 0 Å². The van der Waals surface area contributed by atoms with E-state index in [1.54, 1.807) is 0 Å². The molecular formula is C7H12NY-. The van der Waals surface area contributed by atoms with Crippen molar-refractivity contribution in [2.45, 2.75) is 31.2 Å². The second-order valence-electron chi connectivity index (χ2n) is 3.01. The molecular weight excluding hydrogens is 187 g/mol. The molecule has 1 radical (unpaired) electrons. The third kappa shape index (κ3) is 1.39. The summed E-state index contributed by atoms with van der Waals surface area (Å²) in [5, 5.41) is 3.54. The van der Waals surface area contributed by atoms with E-state index in [2.05, 4.69) is 11.7 Å². The van der Waals surface area contributed by atoms with E-state index in [9.17, 15) is 0 Å². The van der Waals surface area contributed by atoms with Gasteiger partial charge in [0.15, 0.2) is 0 Å². The second-order valence-corrected chi connectivity index (χ2v) is 3.01. The van der Waals surface area contributed by atoms with Gasteiger partial charge in [0.25, 0.3) is 0 Å². The van der Waals surface area contributed by atoms with Crippen molar-refractivity contribution in [3.8, 4) is 0 Å². The molecule has 1 aliphatic heterocycles. The molecule has 1 nitrogen and oxygen atoms in total. The Morgan fingerprint density at radius 3 is 2.33 bits per heavy atom. The molecule has 1 spiro atoms. The topological polar surface area (TPSA) is 12.0 Å². The molecule has 0 aromatic carbocycles. The predicted octanol–water partition coefficient (Wildman–Crippen LogP) is 1.10. The Balaban J connectivity index is 0.000000405. The van der Waals surface area contributed by atoms with Gasteiger partial charge in [0.1, 0.15) is 0 Å². The zero-order chi connectivity index (χ0) is 5.45. The first-order chi connectivity index (χ1) is 3.91. The minimum Gasteiger partial charge on any atom is -0.325 e. The summed E-state index contributed by atoms with van der Waals surface area (Å²) in [6, 6.07) is 0. The summed E-state index contributed by atoms with van der Waals surface area (Å²) in [5.74, 6) is 0. The van der Waals surface area contributed by atoms with Crippen LogP contribution in [0.1, 0.15) is 25.7 Å². The van der Waals surface area contributed by atoms with Crippen LogP contribution in [0.15, 0.2) is 0 Å². The Morgan fingerprint density at radius 1 is 1.33 bits per heavy atom. The fraction of sp³-hybridized carbons (Fsp3) is 0.857. The molecule has 2 rings (SSSR count). The Bertz CT molecular complexity index is 91.1. The summed E-state index contributed by atoms with van der Waals surface area (Å²) in [6.07, 6.45) is 7.84. The summed E-state index contributed by atoms with van der Waals surface area (Å²) >= 11 is 0. The molecule has 0 bridgehead atoms. The van der Waals surface area contributed by atoms with E-state index in [1.807, 2.05) is 0 Å². The molecule has 0 aromatic rings. The van der Waals surface area contributed by atoms with Gasteiger partial charge in [-0.3, -0.25) is 0 Å². The van der Waals surface area contributed by atoms with E-state index < -0.39 is 0 Å². The summed E-state index contributed by atoms with van der Waals surface area (Å²) in [5.41, 5.74) is 0.611. The molecule has 0 unspecified atom stereocenters. The van der Waals surface area contributed by atoms with Gasteiger partial charge in [-0.1, -0.05) is 0 Å². The molecule has 0 atom stereocenters. The quantitative estimate of drug-likeness (QED) is 0.576.